The topological polar surface area (TPSA) is 75.7 Å². The van der Waals surface area contributed by atoms with Crippen LogP contribution in [-0.4, -0.2) is 38.8 Å². The highest BCUT2D eigenvalue weighted by Crippen LogP contribution is 2.25. The molecule has 6 nitrogen and oxygen atoms in total. The molecule has 3 rings (SSSR count). The fraction of sp³-hybridized carbons (Fsp3) is 0.348. The Balaban J connectivity index is 1.79. The third kappa shape index (κ3) is 5.09. The quantitative estimate of drug-likeness (QED) is 0.702. The van der Waals surface area contributed by atoms with Gasteiger partial charge >= 0.3 is 0 Å². The van der Waals surface area contributed by atoms with Crippen molar-refractivity contribution in [3.63, 3.8) is 0 Å². The van der Waals surface area contributed by atoms with Gasteiger partial charge in [0.1, 0.15) is 5.75 Å². The van der Waals surface area contributed by atoms with Gasteiger partial charge in [0.05, 0.1) is 12.0 Å². The number of hydrogen-bond acceptors (Lipinski definition) is 4. The molecule has 0 unspecified atom stereocenters. The standard InChI is InChI=1S/C23H28N2O4S/c1-17-7-11-22(29-3)19(15-17)9-12-23(26)24-21-16-20(10-8-18(21)2)30(27,28)25-13-5-4-6-14-25/h7-12,15-16H,4-6,13-14H2,1-3H3,(H,24,26)/b12-9+. The molecular formula is C23H28N2O4S. The monoisotopic (exact) mass is 428 g/mol. The molecule has 1 saturated heterocycles. The van der Waals surface area contributed by atoms with E-state index in [1.165, 1.54) is 16.4 Å². The first-order valence-electron chi connectivity index (χ1n) is 10.1. The van der Waals surface area contributed by atoms with Gasteiger partial charge < -0.3 is 10.1 Å². The van der Waals surface area contributed by atoms with Crippen molar-refractivity contribution < 1.29 is 17.9 Å². The Morgan fingerprint density at radius 2 is 1.80 bits per heavy atom. The Morgan fingerprint density at radius 1 is 1.07 bits per heavy atom. The van der Waals surface area contributed by atoms with Gasteiger partial charge in [-0.05, 0) is 62.6 Å². The third-order valence-corrected chi connectivity index (χ3v) is 7.11. The van der Waals surface area contributed by atoms with E-state index in [-0.39, 0.29) is 10.8 Å². The van der Waals surface area contributed by atoms with E-state index < -0.39 is 10.0 Å². The molecule has 1 heterocycles. The number of carbonyl (C=O) groups excluding carboxylic acids is 1. The van der Waals surface area contributed by atoms with Gasteiger partial charge in [-0.15, -0.1) is 0 Å². The minimum Gasteiger partial charge on any atom is -0.496 e. The van der Waals surface area contributed by atoms with E-state index in [1.54, 1.807) is 25.3 Å². The largest absolute Gasteiger partial charge is 0.496 e. The van der Waals surface area contributed by atoms with Crippen molar-refractivity contribution in [2.45, 2.75) is 38.0 Å². The smallest absolute Gasteiger partial charge is 0.248 e. The van der Waals surface area contributed by atoms with Crippen LogP contribution in [0.4, 0.5) is 5.69 Å². The number of anilines is 1. The number of benzene rings is 2. The van der Waals surface area contributed by atoms with E-state index in [9.17, 15) is 13.2 Å². The minimum atomic E-state index is -3.56. The first kappa shape index (κ1) is 22.1. The van der Waals surface area contributed by atoms with Gasteiger partial charge in [-0.1, -0.05) is 24.1 Å². The second-order valence-corrected chi connectivity index (χ2v) is 9.45. The number of nitrogens with zero attached hydrogens (tertiary/aromatic N) is 1. The Morgan fingerprint density at radius 3 is 2.50 bits per heavy atom. The average Bonchev–Trinajstić information content (AvgIpc) is 2.74. The van der Waals surface area contributed by atoms with Crippen LogP contribution in [0.5, 0.6) is 5.75 Å². The van der Waals surface area contributed by atoms with Crippen LogP contribution in [0.15, 0.2) is 47.4 Å². The van der Waals surface area contributed by atoms with E-state index in [0.29, 0.717) is 24.5 Å². The van der Waals surface area contributed by atoms with Crippen molar-refractivity contribution >= 4 is 27.7 Å². The van der Waals surface area contributed by atoms with Crippen LogP contribution in [-0.2, 0) is 14.8 Å². The highest BCUT2D eigenvalue weighted by Gasteiger charge is 2.26. The molecule has 1 aliphatic heterocycles. The molecule has 30 heavy (non-hydrogen) atoms. The predicted octanol–water partition coefficient (Wildman–Crippen LogP) is 4.14. The van der Waals surface area contributed by atoms with E-state index in [4.69, 9.17) is 4.74 Å². The van der Waals surface area contributed by atoms with Gasteiger partial charge in [0.2, 0.25) is 15.9 Å². The summed E-state index contributed by atoms with van der Waals surface area (Å²) in [6.07, 6.45) is 5.91. The number of aryl methyl sites for hydroxylation is 2. The zero-order valence-electron chi connectivity index (χ0n) is 17.6. The van der Waals surface area contributed by atoms with Gasteiger partial charge in [0, 0.05) is 30.4 Å². The normalized spacial score (nSPS) is 15.3. The van der Waals surface area contributed by atoms with E-state index in [1.807, 2.05) is 32.0 Å². The van der Waals surface area contributed by atoms with Crippen LogP contribution >= 0.6 is 0 Å². The number of ether oxygens (including phenoxy) is 1. The van der Waals surface area contributed by atoms with E-state index in [2.05, 4.69) is 5.32 Å². The van der Waals surface area contributed by atoms with Crippen molar-refractivity contribution in [3.8, 4) is 5.75 Å². The second kappa shape index (κ2) is 9.45. The maximum atomic E-state index is 12.9. The van der Waals surface area contributed by atoms with Gasteiger partial charge in [-0.3, -0.25) is 4.79 Å². The summed E-state index contributed by atoms with van der Waals surface area (Å²) in [5, 5.41) is 2.80. The number of nitrogens with one attached hydrogen (secondary N) is 1. The Bertz CT molecular complexity index is 1050. The lowest BCUT2D eigenvalue weighted by Gasteiger charge is -2.26. The van der Waals surface area contributed by atoms with Gasteiger partial charge in [-0.2, -0.15) is 4.31 Å². The number of sulfonamides is 1. The highest BCUT2D eigenvalue weighted by atomic mass is 32.2. The van der Waals surface area contributed by atoms with Crippen molar-refractivity contribution in [1.29, 1.82) is 0 Å². The molecule has 0 bridgehead atoms. The fourth-order valence-corrected chi connectivity index (χ4v) is 5.02. The number of hydrogen-bond donors (Lipinski definition) is 1. The zero-order valence-corrected chi connectivity index (χ0v) is 18.5. The number of rotatable bonds is 6. The zero-order chi connectivity index (χ0) is 21.7. The summed E-state index contributed by atoms with van der Waals surface area (Å²) in [7, 11) is -1.98. The molecule has 1 N–H and O–H groups in total. The van der Waals surface area contributed by atoms with E-state index >= 15 is 0 Å². The van der Waals surface area contributed by atoms with Crippen molar-refractivity contribution in [1.82, 2.24) is 4.31 Å². The van der Waals surface area contributed by atoms with Gasteiger partial charge in [0.25, 0.3) is 0 Å². The van der Waals surface area contributed by atoms with Crippen LogP contribution in [0.25, 0.3) is 6.08 Å². The lowest BCUT2D eigenvalue weighted by molar-refractivity contribution is -0.111. The number of piperidine rings is 1. The van der Waals surface area contributed by atoms with Crippen LogP contribution < -0.4 is 10.1 Å². The van der Waals surface area contributed by atoms with Crippen molar-refractivity contribution in [2.75, 3.05) is 25.5 Å². The summed E-state index contributed by atoms with van der Waals surface area (Å²) in [6, 6.07) is 10.6. The molecule has 0 atom stereocenters. The lowest BCUT2D eigenvalue weighted by atomic mass is 10.1. The highest BCUT2D eigenvalue weighted by molar-refractivity contribution is 7.89. The maximum absolute atomic E-state index is 12.9. The molecule has 2 aromatic rings. The molecule has 2 aromatic carbocycles. The summed E-state index contributed by atoms with van der Waals surface area (Å²) in [4.78, 5) is 12.7. The number of carbonyl (C=O) groups is 1. The van der Waals surface area contributed by atoms with Crippen molar-refractivity contribution in [3.05, 3.63) is 59.2 Å². The molecule has 0 spiro atoms. The summed E-state index contributed by atoms with van der Waals surface area (Å²) in [5.74, 6) is 0.338. The Hall–Kier alpha value is -2.64. The van der Waals surface area contributed by atoms with Crippen LogP contribution in [0.3, 0.4) is 0 Å². The molecule has 1 aliphatic rings. The van der Waals surface area contributed by atoms with Crippen molar-refractivity contribution in [2.24, 2.45) is 0 Å². The molecule has 160 valence electrons. The number of amides is 1. The summed E-state index contributed by atoms with van der Waals surface area (Å²) < 4.78 is 32.7. The molecular weight excluding hydrogens is 400 g/mol. The summed E-state index contributed by atoms with van der Waals surface area (Å²) in [5.41, 5.74) is 3.13. The average molecular weight is 429 g/mol. The molecule has 0 saturated carbocycles. The molecule has 0 aromatic heterocycles. The third-order valence-electron chi connectivity index (χ3n) is 5.22. The summed E-state index contributed by atoms with van der Waals surface area (Å²) >= 11 is 0. The number of methoxy groups -OCH3 is 1. The maximum Gasteiger partial charge on any atom is 0.248 e. The first-order chi connectivity index (χ1) is 14.3. The van der Waals surface area contributed by atoms with Gasteiger partial charge in [0.15, 0.2) is 0 Å². The lowest BCUT2D eigenvalue weighted by Crippen LogP contribution is -2.35. The SMILES string of the molecule is COc1ccc(C)cc1/C=C/C(=O)Nc1cc(S(=O)(=O)N2CCCCC2)ccc1C. The first-order valence-corrected chi connectivity index (χ1v) is 11.5. The minimum absolute atomic E-state index is 0.203. The molecule has 0 radical (unpaired) electrons. The van der Waals surface area contributed by atoms with Crippen LogP contribution in [0, 0.1) is 13.8 Å². The predicted molar refractivity (Wildman–Crippen MR) is 119 cm³/mol. The van der Waals surface area contributed by atoms with E-state index in [0.717, 1.165) is 36.0 Å². The van der Waals surface area contributed by atoms with Gasteiger partial charge in [-0.25, -0.2) is 8.42 Å². The molecule has 7 heteroatoms. The Kier molecular flexibility index (Phi) is 6.95. The Labute approximate surface area is 178 Å². The summed E-state index contributed by atoms with van der Waals surface area (Å²) in [6.45, 7) is 4.88. The second-order valence-electron chi connectivity index (χ2n) is 7.51. The van der Waals surface area contributed by atoms with Crippen LogP contribution in [0.1, 0.15) is 36.0 Å². The molecule has 0 aliphatic carbocycles. The van der Waals surface area contributed by atoms with Crippen LogP contribution in [0.2, 0.25) is 0 Å². The molecule has 1 amide bonds. The molecule has 1 fully saturated rings. The fourth-order valence-electron chi connectivity index (χ4n) is 3.47.